The average molecular weight is 419 g/mol. The molecule has 2 saturated heterocycles. The largest absolute Gasteiger partial charge is 0.447 e. The summed E-state index contributed by atoms with van der Waals surface area (Å²) in [5, 5.41) is 21.3. The molecule has 9 heteroatoms. The maximum atomic E-state index is 12.6. The fourth-order valence-electron chi connectivity index (χ4n) is 3.95. The van der Waals surface area contributed by atoms with E-state index < -0.39 is 6.09 Å². The number of carbonyl (C=O) groups excluding carboxylic acids is 2. The number of hydrogen-bond donors (Lipinski definition) is 2. The molecule has 8 nitrogen and oxygen atoms in total. The minimum absolute atomic E-state index is 0.0226. The van der Waals surface area contributed by atoms with Gasteiger partial charge in [0, 0.05) is 37.2 Å². The second kappa shape index (κ2) is 9.94. The molecule has 2 N–H and O–H groups in total. The maximum Gasteiger partial charge on any atom is 0.409 e. The number of fused-ring (bicyclic) bond motifs is 1. The van der Waals surface area contributed by atoms with Gasteiger partial charge >= 0.3 is 6.09 Å². The van der Waals surface area contributed by atoms with Crippen LogP contribution < -0.4 is 5.32 Å². The number of piperidine rings is 1. The number of hydrogen-bond acceptors (Lipinski definition) is 7. The number of ether oxygens (including phenoxy) is 1. The monoisotopic (exact) mass is 418 g/mol. The highest BCUT2D eigenvalue weighted by atomic mass is 32.2. The van der Waals surface area contributed by atoms with Crippen LogP contribution in [0, 0.1) is 23.2 Å². The Bertz CT molecular complexity index is 757. The third kappa shape index (κ3) is 5.19. The molecular formula is C20H26N4O4S. The Hall–Kier alpha value is -2.31. The first-order valence-electron chi connectivity index (χ1n) is 9.80. The molecule has 2 aliphatic heterocycles. The van der Waals surface area contributed by atoms with Gasteiger partial charge in [-0.15, -0.1) is 11.8 Å². The molecule has 0 bridgehead atoms. The Morgan fingerprint density at radius 1 is 1.55 bits per heavy atom. The van der Waals surface area contributed by atoms with Crippen LogP contribution in [0.5, 0.6) is 0 Å². The molecule has 5 atom stereocenters. The molecule has 3 heterocycles. The molecule has 0 aliphatic carbocycles. The summed E-state index contributed by atoms with van der Waals surface area (Å²) in [5.74, 6) is -0.196. The lowest BCUT2D eigenvalue weighted by Crippen LogP contribution is -2.45. The van der Waals surface area contributed by atoms with Gasteiger partial charge in [0.2, 0.25) is 5.91 Å². The Morgan fingerprint density at radius 3 is 3.07 bits per heavy atom. The molecule has 0 radical (unpaired) electrons. The van der Waals surface area contributed by atoms with Gasteiger partial charge in [-0.25, -0.2) is 4.79 Å². The van der Waals surface area contributed by atoms with Crippen LogP contribution in [-0.4, -0.2) is 63.9 Å². The number of nitrogens with zero attached hydrogens (tertiary/aromatic N) is 3. The van der Waals surface area contributed by atoms with E-state index in [4.69, 9.17) is 9.84 Å². The van der Waals surface area contributed by atoms with E-state index in [9.17, 15) is 14.9 Å². The van der Waals surface area contributed by atoms with Crippen molar-refractivity contribution in [2.45, 2.75) is 36.3 Å². The van der Waals surface area contributed by atoms with Crippen molar-refractivity contribution in [2.24, 2.45) is 11.8 Å². The van der Waals surface area contributed by atoms with Crippen LogP contribution in [-0.2, 0) is 9.53 Å². The van der Waals surface area contributed by atoms with E-state index in [0.29, 0.717) is 25.9 Å². The quantitative estimate of drug-likeness (QED) is 0.723. The smallest absolute Gasteiger partial charge is 0.409 e. The molecule has 2 fully saturated rings. The third-order valence-electron chi connectivity index (χ3n) is 5.49. The van der Waals surface area contributed by atoms with Crippen LogP contribution in [0.15, 0.2) is 24.5 Å². The number of nitriles is 1. The van der Waals surface area contributed by atoms with Crippen molar-refractivity contribution in [3.05, 3.63) is 30.1 Å². The van der Waals surface area contributed by atoms with Crippen LogP contribution in [0.3, 0.4) is 0 Å². The van der Waals surface area contributed by atoms with Crippen molar-refractivity contribution in [3.8, 4) is 6.07 Å². The lowest BCUT2D eigenvalue weighted by atomic mass is 9.85. The summed E-state index contributed by atoms with van der Waals surface area (Å²) in [7, 11) is 0. The van der Waals surface area contributed by atoms with Crippen LogP contribution >= 0.6 is 11.8 Å². The summed E-state index contributed by atoms with van der Waals surface area (Å²) in [6.45, 7) is 2.75. The highest BCUT2D eigenvalue weighted by molar-refractivity contribution is 8.00. The highest BCUT2D eigenvalue weighted by Gasteiger charge is 2.48. The van der Waals surface area contributed by atoms with Gasteiger partial charge in [-0.3, -0.25) is 9.78 Å². The first-order chi connectivity index (χ1) is 14.0. The topological polar surface area (TPSA) is 116 Å². The fourth-order valence-corrected chi connectivity index (χ4v) is 5.73. The van der Waals surface area contributed by atoms with Gasteiger partial charge in [-0.05, 0) is 29.9 Å². The standard InChI is InChI=1S/C20H26N4O4S/c1-13(14-3-2-5-22-11-14)9-18(26)23-19-16(10-21)15-4-6-24(12-17(15)29-19)20(27)28-8-7-25/h2-3,5,11,13,15-17,19,25H,4,6-9,12H2,1H3,(H,23,26). The van der Waals surface area contributed by atoms with Crippen molar-refractivity contribution in [1.82, 2.24) is 15.2 Å². The van der Waals surface area contributed by atoms with E-state index >= 15 is 0 Å². The molecule has 0 aromatic carbocycles. The summed E-state index contributed by atoms with van der Waals surface area (Å²) in [5.41, 5.74) is 1.00. The molecule has 3 rings (SSSR count). The number of rotatable bonds is 6. The summed E-state index contributed by atoms with van der Waals surface area (Å²) >= 11 is 1.56. The molecule has 29 heavy (non-hydrogen) atoms. The number of carbonyl (C=O) groups is 2. The lowest BCUT2D eigenvalue weighted by molar-refractivity contribution is -0.121. The van der Waals surface area contributed by atoms with E-state index in [1.807, 2.05) is 19.1 Å². The van der Waals surface area contributed by atoms with Crippen LogP contribution in [0.25, 0.3) is 0 Å². The normalized spacial score (nSPS) is 26.9. The zero-order valence-corrected chi connectivity index (χ0v) is 17.2. The average Bonchev–Trinajstić information content (AvgIpc) is 3.08. The van der Waals surface area contributed by atoms with Crippen LogP contribution in [0.1, 0.15) is 31.2 Å². The highest BCUT2D eigenvalue weighted by Crippen LogP contribution is 2.46. The number of likely N-dealkylation sites (tertiary alicyclic amines) is 1. The predicted octanol–water partition coefficient (Wildman–Crippen LogP) is 1.72. The second-order valence-corrected chi connectivity index (χ2v) is 8.83. The molecule has 1 aromatic heterocycles. The fraction of sp³-hybridized carbons (Fsp3) is 0.600. The molecule has 2 amide bonds. The minimum Gasteiger partial charge on any atom is -0.447 e. The van der Waals surface area contributed by atoms with Gasteiger partial charge in [0.1, 0.15) is 6.61 Å². The molecule has 1 aromatic rings. The number of aliphatic hydroxyl groups is 1. The van der Waals surface area contributed by atoms with Crippen LogP contribution in [0.4, 0.5) is 4.79 Å². The molecule has 2 aliphatic rings. The van der Waals surface area contributed by atoms with E-state index in [0.717, 1.165) is 5.56 Å². The zero-order chi connectivity index (χ0) is 20.8. The Kier molecular flexibility index (Phi) is 7.34. The van der Waals surface area contributed by atoms with Gasteiger partial charge in [-0.1, -0.05) is 13.0 Å². The second-order valence-electron chi connectivity index (χ2n) is 7.45. The van der Waals surface area contributed by atoms with Crippen LogP contribution in [0.2, 0.25) is 0 Å². The Labute approximate surface area is 174 Å². The van der Waals surface area contributed by atoms with Crippen molar-refractivity contribution in [2.75, 3.05) is 26.3 Å². The molecule has 5 unspecified atom stereocenters. The molecular weight excluding hydrogens is 392 g/mol. The molecule has 0 saturated carbocycles. The van der Waals surface area contributed by atoms with Gasteiger partial charge in [-0.2, -0.15) is 5.26 Å². The van der Waals surface area contributed by atoms with Gasteiger partial charge in [0.05, 0.1) is 24.0 Å². The molecule has 156 valence electrons. The number of nitrogens with one attached hydrogen (secondary N) is 1. The Morgan fingerprint density at radius 2 is 2.38 bits per heavy atom. The number of aromatic nitrogens is 1. The van der Waals surface area contributed by atoms with E-state index in [1.165, 1.54) is 0 Å². The summed E-state index contributed by atoms with van der Waals surface area (Å²) < 4.78 is 5.00. The van der Waals surface area contributed by atoms with Crippen molar-refractivity contribution in [1.29, 1.82) is 5.26 Å². The number of aliphatic hydroxyl groups excluding tert-OH is 1. The predicted molar refractivity (Wildman–Crippen MR) is 108 cm³/mol. The van der Waals surface area contributed by atoms with Crippen molar-refractivity contribution >= 4 is 23.8 Å². The first kappa shape index (κ1) is 21.4. The van der Waals surface area contributed by atoms with Gasteiger partial charge in [0.25, 0.3) is 0 Å². The van der Waals surface area contributed by atoms with E-state index in [-0.39, 0.29) is 47.5 Å². The van der Waals surface area contributed by atoms with Gasteiger partial charge in [0.15, 0.2) is 0 Å². The maximum absolute atomic E-state index is 12.6. The van der Waals surface area contributed by atoms with Crippen molar-refractivity contribution in [3.63, 3.8) is 0 Å². The third-order valence-corrected chi connectivity index (χ3v) is 7.04. The van der Waals surface area contributed by atoms with Gasteiger partial charge < -0.3 is 20.1 Å². The number of thioether (sulfide) groups is 1. The lowest BCUT2D eigenvalue weighted by Gasteiger charge is -2.34. The SMILES string of the molecule is CC(CC(=O)NC1SC2CN(C(=O)OCCO)CCC2C1C#N)c1cccnc1. The van der Waals surface area contributed by atoms with Crippen molar-refractivity contribution < 1.29 is 19.4 Å². The summed E-state index contributed by atoms with van der Waals surface area (Å²) in [6.07, 6.45) is 4.05. The minimum atomic E-state index is -0.440. The van der Waals surface area contributed by atoms with E-state index in [1.54, 1.807) is 29.1 Å². The number of pyridine rings is 1. The first-order valence-corrected chi connectivity index (χ1v) is 10.7. The zero-order valence-electron chi connectivity index (χ0n) is 16.4. The number of amides is 2. The van der Waals surface area contributed by atoms with E-state index in [2.05, 4.69) is 16.4 Å². The summed E-state index contributed by atoms with van der Waals surface area (Å²) in [4.78, 5) is 30.3. The molecule has 0 spiro atoms. The summed E-state index contributed by atoms with van der Waals surface area (Å²) in [6, 6.07) is 6.17. The Balaban J connectivity index is 1.56.